The Balaban J connectivity index is 1.75. The van der Waals surface area contributed by atoms with Gasteiger partial charge in [0.05, 0.1) is 6.10 Å². The van der Waals surface area contributed by atoms with Crippen LogP contribution in [0, 0.1) is 0 Å². The number of fused-ring (bicyclic) bond motifs is 1. The summed E-state index contributed by atoms with van der Waals surface area (Å²) in [5.41, 5.74) is 9.36. The average molecular weight is 284 g/mol. The highest BCUT2D eigenvalue weighted by Crippen LogP contribution is 2.29. The molecule has 5 heteroatoms. The number of ether oxygens (including phenoxy) is 1. The van der Waals surface area contributed by atoms with Crippen molar-refractivity contribution in [3.05, 3.63) is 41.7 Å². The fourth-order valence-electron chi connectivity index (χ4n) is 2.67. The minimum absolute atomic E-state index is 0.0331. The van der Waals surface area contributed by atoms with Crippen LogP contribution < -0.4 is 15.8 Å². The lowest BCUT2D eigenvalue weighted by atomic mass is 10.1. The van der Waals surface area contributed by atoms with E-state index in [1.165, 1.54) is 17.5 Å². The highest BCUT2D eigenvalue weighted by molar-refractivity contribution is 5.67. The van der Waals surface area contributed by atoms with Crippen LogP contribution in [-0.4, -0.2) is 22.1 Å². The van der Waals surface area contributed by atoms with E-state index in [0.717, 1.165) is 12.8 Å². The molecule has 2 aromatic rings. The second-order valence-corrected chi connectivity index (χ2v) is 5.63. The summed E-state index contributed by atoms with van der Waals surface area (Å²) < 4.78 is 5.60. The molecule has 1 heterocycles. The van der Waals surface area contributed by atoms with Gasteiger partial charge in [0.1, 0.15) is 12.0 Å². The van der Waals surface area contributed by atoms with Crippen LogP contribution in [0.5, 0.6) is 5.88 Å². The lowest BCUT2D eigenvalue weighted by Crippen LogP contribution is -2.21. The molecule has 0 radical (unpaired) electrons. The van der Waals surface area contributed by atoms with Crippen molar-refractivity contribution in [2.24, 2.45) is 0 Å². The van der Waals surface area contributed by atoms with Gasteiger partial charge in [-0.1, -0.05) is 24.3 Å². The van der Waals surface area contributed by atoms with E-state index in [9.17, 15) is 0 Å². The van der Waals surface area contributed by atoms with Crippen LogP contribution in [0.2, 0.25) is 0 Å². The maximum Gasteiger partial charge on any atom is 0.242 e. The second-order valence-electron chi connectivity index (χ2n) is 5.63. The zero-order chi connectivity index (χ0) is 14.8. The van der Waals surface area contributed by atoms with Crippen LogP contribution in [0.4, 0.5) is 11.5 Å². The molecule has 21 heavy (non-hydrogen) atoms. The SMILES string of the molecule is CC(C)Oc1ncnc(NC2Cc3ccccc3C2)c1N. The van der Waals surface area contributed by atoms with Crippen LogP contribution in [0.3, 0.4) is 0 Å². The van der Waals surface area contributed by atoms with E-state index in [1.54, 1.807) is 0 Å². The Labute approximate surface area is 124 Å². The minimum Gasteiger partial charge on any atom is -0.473 e. The van der Waals surface area contributed by atoms with E-state index in [-0.39, 0.29) is 6.10 Å². The normalized spacial score (nSPS) is 14.2. The molecule has 1 aliphatic carbocycles. The van der Waals surface area contributed by atoms with Gasteiger partial charge < -0.3 is 15.8 Å². The molecule has 0 saturated carbocycles. The van der Waals surface area contributed by atoms with Gasteiger partial charge in [-0.15, -0.1) is 0 Å². The monoisotopic (exact) mass is 284 g/mol. The maximum absolute atomic E-state index is 6.10. The van der Waals surface area contributed by atoms with Gasteiger partial charge >= 0.3 is 0 Å². The molecule has 1 aliphatic rings. The highest BCUT2D eigenvalue weighted by atomic mass is 16.5. The first-order valence-corrected chi connectivity index (χ1v) is 7.24. The molecule has 0 bridgehead atoms. The summed E-state index contributed by atoms with van der Waals surface area (Å²) in [6.45, 7) is 3.89. The zero-order valence-corrected chi connectivity index (χ0v) is 12.3. The van der Waals surface area contributed by atoms with E-state index < -0.39 is 0 Å². The number of nitrogens with zero attached hydrogens (tertiary/aromatic N) is 2. The van der Waals surface area contributed by atoms with Crippen molar-refractivity contribution in [1.29, 1.82) is 0 Å². The number of nitrogens with two attached hydrogens (primary N) is 1. The van der Waals surface area contributed by atoms with Crippen LogP contribution in [0.15, 0.2) is 30.6 Å². The third kappa shape index (κ3) is 2.91. The van der Waals surface area contributed by atoms with E-state index in [2.05, 4.69) is 39.6 Å². The first-order chi connectivity index (χ1) is 10.1. The van der Waals surface area contributed by atoms with E-state index in [1.807, 2.05) is 13.8 Å². The van der Waals surface area contributed by atoms with Gasteiger partial charge in [0.2, 0.25) is 5.88 Å². The molecule has 0 atom stereocenters. The Morgan fingerprint density at radius 3 is 2.48 bits per heavy atom. The van der Waals surface area contributed by atoms with Gasteiger partial charge in [0.25, 0.3) is 0 Å². The van der Waals surface area contributed by atoms with Crippen LogP contribution in [0.1, 0.15) is 25.0 Å². The van der Waals surface area contributed by atoms with Gasteiger partial charge in [-0.3, -0.25) is 0 Å². The molecule has 0 aliphatic heterocycles. The molecule has 0 amide bonds. The molecule has 0 spiro atoms. The lowest BCUT2D eigenvalue weighted by molar-refractivity contribution is 0.234. The Bertz CT molecular complexity index is 617. The van der Waals surface area contributed by atoms with Crippen LogP contribution >= 0.6 is 0 Å². The average Bonchev–Trinajstić information content (AvgIpc) is 2.85. The minimum atomic E-state index is 0.0331. The van der Waals surface area contributed by atoms with Crippen molar-refractivity contribution in [2.45, 2.75) is 38.8 Å². The number of hydrogen-bond donors (Lipinski definition) is 2. The molecule has 0 fully saturated rings. The summed E-state index contributed by atoms with van der Waals surface area (Å²) in [6.07, 6.45) is 3.49. The third-order valence-electron chi connectivity index (χ3n) is 3.59. The number of nitrogens with one attached hydrogen (secondary N) is 1. The number of nitrogen functional groups attached to an aromatic ring is 1. The molecular weight excluding hydrogens is 264 g/mol. The first-order valence-electron chi connectivity index (χ1n) is 7.24. The van der Waals surface area contributed by atoms with E-state index >= 15 is 0 Å². The second kappa shape index (κ2) is 5.60. The fourth-order valence-corrected chi connectivity index (χ4v) is 2.67. The zero-order valence-electron chi connectivity index (χ0n) is 12.3. The summed E-state index contributed by atoms with van der Waals surface area (Å²) in [5.74, 6) is 1.09. The van der Waals surface area contributed by atoms with E-state index in [0.29, 0.717) is 23.4 Å². The molecule has 0 saturated heterocycles. The molecule has 5 nitrogen and oxygen atoms in total. The molecular formula is C16H20N4O. The van der Waals surface area contributed by atoms with Crippen LogP contribution in [0.25, 0.3) is 0 Å². The fraction of sp³-hybridized carbons (Fsp3) is 0.375. The summed E-state index contributed by atoms with van der Waals surface area (Å²) in [4.78, 5) is 8.34. The number of rotatable bonds is 4. The van der Waals surface area contributed by atoms with Gasteiger partial charge in [-0.05, 0) is 37.8 Å². The topological polar surface area (TPSA) is 73.1 Å². The van der Waals surface area contributed by atoms with Crippen molar-refractivity contribution >= 4 is 11.5 Å². The van der Waals surface area contributed by atoms with Crippen molar-refractivity contribution in [3.63, 3.8) is 0 Å². The highest BCUT2D eigenvalue weighted by Gasteiger charge is 2.22. The molecule has 1 aromatic carbocycles. The smallest absolute Gasteiger partial charge is 0.242 e. The Morgan fingerprint density at radius 2 is 1.86 bits per heavy atom. The number of hydrogen-bond acceptors (Lipinski definition) is 5. The van der Waals surface area contributed by atoms with E-state index in [4.69, 9.17) is 10.5 Å². The first kappa shape index (κ1) is 13.7. The summed E-state index contributed by atoms with van der Waals surface area (Å²) in [6, 6.07) is 8.82. The number of anilines is 2. The standard InChI is InChI=1S/C16H20N4O/c1-10(2)21-16-14(17)15(18-9-19-16)20-13-7-11-5-3-4-6-12(11)8-13/h3-6,9-10,13H,7-8,17H2,1-2H3,(H,18,19,20). The molecule has 110 valence electrons. The van der Waals surface area contributed by atoms with Gasteiger partial charge in [0.15, 0.2) is 5.82 Å². The van der Waals surface area contributed by atoms with Gasteiger partial charge in [-0.2, -0.15) is 4.98 Å². The summed E-state index contributed by atoms with van der Waals surface area (Å²) in [5, 5.41) is 3.41. The molecule has 1 aromatic heterocycles. The number of aromatic nitrogens is 2. The van der Waals surface area contributed by atoms with Crippen LogP contribution in [-0.2, 0) is 12.8 Å². The predicted molar refractivity (Wildman–Crippen MR) is 83.5 cm³/mol. The summed E-state index contributed by atoms with van der Waals surface area (Å²) >= 11 is 0. The molecule has 0 unspecified atom stereocenters. The lowest BCUT2D eigenvalue weighted by Gasteiger charge is -2.17. The molecule has 3 rings (SSSR count). The quantitative estimate of drug-likeness (QED) is 0.902. The Hall–Kier alpha value is -2.30. The van der Waals surface area contributed by atoms with Crippen molar-refractivity contribution in [2.75, 3.05) is 11.1 Å². The van der Waals surface area contributed by atoms with Crippen molar-refractivity contribution in [1.82, 2.24) is 9.97 Å². The molecule has 3 N–H and O–H groups in total. The Morgan fingerprint density at radius 1 is 1.19 bits per heavy atom. The van der Waals surface area contributed by atoms with Gasteiger partial charge in [-0.25, -0.2) is 4.98 Å². The van der Waals surface area contributed by atoms with Gasteiger partial charge in [0, 0.05) is 6.04 Å². The number of benzene rings is 1. The largest absolute Gasteiger partial charge is 0.473 e. The van der Waals surface area contributed by atoms with Crippen molar-refractivity contribution < 1.29 is 4.74 Å². The van der Waals surface area contributed by atoms with Crippen molar-refractivity contribution in [3.8, 4) is 5.88 Å². The predicted octanol–water partition coefficient (Wildman–Crippen LogP) is 2.43. The third-order valence-corrected chi connectivity index (χ3v) is 3.59. The maximum atomic E-state index is 6.10. The summed E-state index contributed by atoms with van der Waals surface area (Å²) in [7, 11) is 0. The Kier molecular flexibility index (Phi) is 3.64.